The van der Waals surface area contributed by atoms with Crippen LogP contribution in [-0.2, 0) is 6.42 Å². The van der Waals surface area contributed by atoms with Crippen LogP contribution in [0.4, 0.5) is 5.69 Å². The molecule has 0 amide bonds. The quantitative estimate of drug-likeness (QED) is 0.0764. The van der Waals surface area contributed by atoms with Gasteiger partial charge in [0.1, 0.15) is 8.07 Å². The van der Waals surface area contributed by atoms with Crippen LogP contribution in [0.5, 0.6) is 0 Å². The number of rotatable bonds is 6. The lowest BCUT2D eigenvalue weighted by Crippen LogP contribution is -2.43. The minimum absolute atomic E-state index is 0.0873. The van der Waals surface area contributed by atoms with Crippen molar-refractivity contribution in [3.05, 3.63) is 102 Å². The molecule has 2 N–H and O–H groups in total. The lowest BCUT2D eigenvalue weighted by atomic mass is 9.87. The van der Waals surface area contributed by atoms with Crippen LogP contribution in [0, 0.1) is 11.5 Å². The fraction of sp³-hybridized carbons (Fsp3) is 0.270. The number of fused-ring (bicyclic) bond motifs is 3. The van der Waals surface area contributed by atoms with Crippen molar-refractivity contribution in [3.63, 3.8) is 0 Å². The lowest BCUT2D eigenvalue weighted by Gasteiger charge is -2.38. The molecule has 0 aliphatic carbocycles. The molecule has 0 fully saturated rings. The van der Waals surface area contributed by atoms with E-state index in [0.29, 0.717) is 34.3 Å². The molecule has 0 atom stereocenters. The van der Waals surface area contributed by atoms with E-state index in [1.807, 2.05) is 12.1 Å². The number of Topliss-reactive ketones (excluding diaryl/α,β-unsaturated/α-hetero) is 1. The smallest absolute Gasteiger partial charge is 0.167 e. The summed E-state index contributed by atoms with van der Waals surface area (Å²) in [5.41, 5.74) is 15.0. The number of carbonyl (C=O) groups is 1. The molecular weight excluding hydrogens is 502 g/mol. The molecule has 0 spiro atoms. The zero-order chi connectivity index (χ0) is 28.6. The van der Waals surface area contributed by atoms with Crippen molar-refractivity contribution in [2.45, 2.75) is 64.6 Å². The Bertz CT molecular complexity index is 1760. The highest BCUT2D eigenvalue weighted by Gasteiger charge is 2.41. The number of hydrogen-bond donors (Lipinski definition) is 1. The predicted molar refractivity (Wildman–Crippen MR) is 176 cm³/mol. The first kappa shape index (κ1) is 27.7. The van der Waals surface area contributed by atoms with Crippen molar-refractivity contribution in [2.24, 2.45) is 0 Å². The second-order valence-electron chi connectivity index (χ2n) is 12.0. The Morgan fingerprint density at radius 1 is 0.700 bits per heavy atom. The first-order valence-corrected chi connectivity index (χ1v) is 16.6. The predicted octanol–water partition coefficient (Wildman–Crippen LogP) is 9.72. The SMILES string of the molecule is CC(C)[Si](C#Cc1c2ccccc2c(CC(=O)c2ccc(N)cc2)c2cc3ccccc3cc12)(C(C)C)C(C)C. The van der Waals surface area contributed by atoms with Crippen molar-refractivity contribution >= 4 is 51.9 Å². The third-order valence-corrected chi connectivity index (χ3v) is 15.1. The highest BCUT2D eigenvalue weighted by molar-refractivity contribution is 6.90. The fourth-order valence-corrected chi connectivity index (χ4v) is 12.0. The van der Waals surface area contributed by atoms with Crippen LogP contribution in [0.25, 0.3) is 32.3 Å². The van der Waals surface area contributed by atoms with Crippen LogP contribution >= 0.6 is 0 Å². The fourth-order valence-electron chi connectivity index (χ4n) is 6.81. The Morgan fingerprint density at radius 2 is 1.23 bits per heavy atom. The van der Waals surface area contributed by atoms with Gasteiger partial charge in [-0.3, -0.25) is 4.79 Å². The molecule has 0 saturated carbocycles. The summed E-state index contributed by atoms with van der Waals surface area (Å²) in [6.07, 6.45) is 0.315. The van der Waals surface area contributed by atoms with Gasteiger partial charge >= 0.3 is 0 Å². The minimum Gasteiger partial charge on any atom is -0.399 e. The number of nitrogen functional groups attached to an aromatic ring is 1. The molecule has 0 aromatic heterocycles. The van der Waals surface area contributed by atoms with Gasteiger partial charge in [0, 0.05) is 23.2 Å². The number of ketones is 1. The summed E-state index contributed by atoms with van der Waals surface area (Å²) >= 11 is 0. The number of benzene rings is 5. The molecule has 0 radical (unpaired) electrons. The average molecular weight is 542 g/mol. The van der Waals surface area contributed by atoms with Crippen molar-refractivity contribution in [1.82, 2.24) is 0 Å². The lowest BCUT2D eigenvalue weighted by molar-refractivity contribution is 0.0993. The summed E-state index contributed by atoms with van der Waals surface area (Å²) in [6, 6.07) is 28.7. The van der Waals surface area contributed by atoms with Crippen molar-refractivity contribution in [3.8, 4) is 11.5 Å². The first-order valence-electron chi connectivity index (χ1n) is 14.4. The van der Waals surface area contributed by atoms with Crippen molar-refractivity contribution < 1.29 is 4.79 Å². The van der Waals surface area contributed by atoms with Gasteiger partial charge in [0.05, 0.1) is 0 Å². The van der Waals surface area contributed by atoms with E-state index in [-0.39, 0.29) is 5.78 Å². The van der Waals surface area contributed by atoms with E-state index in [2.05, 4.69) is 114 Å². The van der Waals surface area contributed by atoms with Gasteiger partial charge in [-0.15, -0.1) is 5.54 Å². The number of hydrogen-bond acceptors (Lipinski definition) is 2. The van der Waals surface area contributed by atoms with E-state index in [1.54, 1.807) is 12.1 Å². The monoisotopic (exact) mass is 541 g/mol. The second-order valence-corrected chi connectivity index (χ2v) is 17.6. The van der Waals surface area contributed by atoms with E-state index in [1.165, 1.54) is 10.8 Å². The van der Waals surface area contributed by atoms with Crippen LogP contribution in [0.2, 0.25) is 16.6 Å². The average Bonchev–Trinajstić information content (AvgIpc) is 2.93. The van der Waals surface area contributed by atoms with E-state index >= 15 is 0 Å². The first-order chi connectivity index (χ1) is 19.1. The zero-order valence-corrected chi connectivity index (χ0v) is 25.5. The summed E-state index contributed by atoms with van der Waals surface area (Å²) in [5, 5.41) is 6.81. The molecule has 5 rings (SSSR count). The summed E-state index contributed by atoms with van der Waals surface area (Å²) in [4.78, 5) is 13.6. The second kappa shape index (κ2) is 10.9. The topological polar surface area (TPSA) is 43.1 Å². The summed E-state index contributed by atoms with van der Waals surface area (Å²) in [6.45, 7) is 14.1. The molecule has 40 heavy (non-hydrogen) atoms. The highest BCUT2D eigenvalue weighted by Crippen LogP contribution is 2.42. The molecule has 0 bridgehead atoms. The maximum absolute atomic E-state index is 13.6. The molecule has 3 heteroatoms. The van der Waals surface area contributed by atoms with Gasteiger partial charge in [-0.05, 0) is 90.9 Å². The minimum atomic E-state index is -1.95. The number of carbonyl (C=O) groups excluding carboxylic acids is 1. The van der Waals surface area contributed by atoms with Gasteiger partial charge in [-0.1, -0.05) is 96.0 Å². The van der Waals surface area contributed by atoms with Gasteiger partial charge < -0.3 is 5.73 Å². The Labute approximate surface area is 239 Å². The number of nitrogens with two attached hydrogens (primary N) is 1. The van der Waals surface area contributed by atoms with E-state index in [4.69, 9.17) is 5.73 Å². The summed E-state index contributed by atoms with van der Waals surface area (Å²) < 4.78 is 0. The third kappa shape index (κ3) is 4.82. The summed E-state index contributed by atoms with van der Waals surface area (Å²) in [5.74, 6) is 3.90. The van der Waals surface area contributed by atoms with Gasteiger partial charge in [-0.25, -0.2) is 0 Å². The van der Waals surface area contributed by atoms with E-state index < -0.39 is 8.07 Å². The molecule has 0 aliphatic heterocycles. The van der Waals surface area contributed by atoms with Gasteiger partial charge in [0.15, 0.2) is 5.78 Å². The molecule has 5 aromatic carbocycles. The van der Waals surface area contributed by atoms with E-state index in [0.717, 1.165) is 32.7 Å². The van der Waals surface area contributed by atoms with Crippen LogP contribution in [0.1, 0.15) is 63.0 Å². The Morgan fingerprint density at radius 3 is 1.80 bits per heavy atom. The van der Waals surface area contributed by atoms with Crippen LogP contribution in [0.15, 0.2) is 84.9 Å². The maximum Gasteiger partial charge on any atom is 0.167 e. The zero-order valence-electron chi connectivity index (χ0n) is 24.5. The molecule has 202 valence electrons. The third-order valence-electron chi connectivity index (χ3n) is 8.84. The van der Waals surface area contributed by atoms with Crippen molar-refractivity contribution in [1.29, 1.82) is 0 Å². The Kier molecular flexibility index (Phi) is 7.58. The highest BCUT2D eigenvalue weighted by atomic mass is 28.3. The Balaban J connectivity index is 1.83. The summed E-state index contributed by atoms with van der Waals surface area (Å²) in [7, 11) is -1.95. The number of anilines is 1. The largest absolute Gasteiger partial charge is 0.399 e. The van der Waals surface area contributed by atoms with Gasteiger partial charge in [-0.2, -0.15) is 0 Å². The molecule has 0 aliphatic rings. The maximum atomic E-state index is 13.6. The van der Waals surface area contributed by atoms with Crippen LogP contribution in [0.3, 0.4) is 0 Å². The molecule has 0 heterocycles. The van der Waals surface area contributed by atoms with Gasteiger partial charge in [0.25, 0.3) is 0 Å². The Hall–Kier alpha value is -3.87. The van der Waals surface area contributed by atoms with E-state index in [9.17, 15) is 4.79 Å². The van der Waals surface area contributed by atoms with Gasteiger partial charge in [0.2, 0.25) is 0 Å². The standard InChI is InChI=1S/C37H39NOSi/c1-24(2)40(25(3)4,26(5)6)20-19-33-31-13-9-10-14-32(31)36(23-37(39)27-15-17-30(38)18-16-27)35-22-29-12-8-7-11-28(29)21-34(33)35/h7-18,21-22,24-26H,23,38H2,1-6H3. The molecule has 0 unspecified atom stereocenters. The molecule has 5 aromatic rings. The van der Waals surface area contributed by atoms with Crippen LogP contribution < -0.4 is 5.73 Å². The normalized spacial score (nSPS) is 12.0. The van der Waals surface area contributed by atoms with Crippen molar-refractivity contribution in [2.75, 3.05) is 5.73 Å². The van der Waals surface area contributed by atoms with Crippen LogP contribution in [-0.4, -0.2) is 13.9 Å². The molecular formula is C37H39NOSi. The molecule has 2 nitrogen and oxygen atoms in total. The molecule has 0 saturated heterocycles.